The molecule has 2 rings (SSSR count). The highest BCUT2D eigenvalue weighted by Gasteiger charge is 2.16. The molecule has 0 saturated heterocycles. The van der Waals surface area contributed by atoms with Crippen LogP contribution in [0.25, 0.3) is 0 Å². The van der Waals surface area contributed by atoms with Gasteiger partial charge < -0.3 is 4.74 Å². The van der Waals surface area contributed by atoms with Gasteiger partial charge in [-0.2, -0.15) is 0 Å². The van der Waals surface area contributed by atoms with E-state index in [1.165, 1.54) is 7.11 Å². The molecule has 0 saturated carbocycles. The van der Waals surface area contributed by atoms with Crippen molar-refractivity contribution >= 4 is 5.78 Å². The van der Waals surface area contributed by atoms with Crippen molar-refractivity contribution in [3.63, 3.8) is 0 Å². The lowest BCUT2D eigenvalue weighted by Gasteiger charge is -2.12. The quantitative estimate of drug-likeness (QED) is 0.795. The molecule has 0 N–H and O–H groups in total. The van der Waals surface area contributed by atoms with Crippen LogP contribution in [0.4, 0.5) is 8.78 Å². The fourth-order valence-electron chi connectivity index (χ4n) is 2.27. The Morgan fingerprint density at radius 1 is 1.10 bits per heavy atom. The molecule has 2 nitrogen and oxygen atoms in total. The summed E-state index contributed by atoms with van der Waals surface area (Å²) in [5, 5.41) is 0. The first kappa shape index (κ1) is 15.2. The molecule has 0 unspecified atom stereocenters. The van der Waals surface area contributed by atoms with Gasteiger partial charge in [-0.3, -0.25) is 4.79 Å². The van der Waals surface area contributed by atoms with E-state index >= 15 is 0 Å². The average molecular weight is 290 g/mol. The maximum atomic E-state index is 13.2. The Labute approximate surface area is 122 Å². The molecule has 0 fully saturated rings. The number of carbonyl (C=O) groups is 1. The first-order valence-corrected chi connectivity index (χ1v) is 6.54. The van der Waals surface area contributed by atoms with Gasteiger partial charge in [-0.25, -0.2) is 8.78 Å². The van der Waals surface area contributed by atoms with Gasteiger partial charge in [0.15, 0.2) is 5.78 Å². The highest BCUT2D eigenvalue weighted by atomic mass is 19.1. The highest BCUT2D eigenvalue weighted by Crippen LogP contribution is 2.27. The molecule has 0 bridgehead atoms. The third-order valence-corrected chi connectivity index (χ3v) is 3.47. The molecule has 0 aliphatic heterocycles. The standard InChI is InChI=1S/C17H16F2O2/c1-10-4-5-15(17(21-3)11(10)2)16(20)8-12-6-13(18)9-14(19)7-12/h4-7,9H,8H2,1-3H3. The summed E-state index contributed by atoms with van der Waals surface area (Å²) < 4.78 is 31.6. The fourth-order valence-corrected chi connectivity index (χ4v) is 2.27. The lowest BCUT2D eigenvalue weighted by atomic mass is 9.97. The van der Waals surface area contributed by atoms with Gasteiger partial charge in [-0.1, -0.05) is 6.07 Å². The predicted octanol–water partition coefficient (Wildman–Crippen LogP) is 4.02. The Hall–Kier alpha value is -2.23. The molecular formula is C17H16F2O2. The summed E-state index contributed by atoms with van der Waals surface area (Å²) in [6, 6.07) is 6.62. The van der Waals surface area contributed by atoms with Crippen molar-refractivity contribution in [2.75, 3.05) is 7.11 Å². The van der Waals surface area contributed by atoms with Crippen LogP contribution in [-0.2, 0) is 6.42 Å². The molecule has 0 aliphatic rings. The second kappa shape index (κ2) is 6.04. The lowest BCUT2D eigenvalue weighted by molar-refractivity contribution is 0.0990. The van der Waals surface area contributed by atoms with E-state index < -0.39 is 11.6 Å². The molecular weight excluding hydrogens is 274 g/mol. The van der Waals surface area contributed by atoms with Crippen molar-refractivity contribution in [3.05, 3.63) is 64.2 Å². The van der Waals surface area contributed by atoms with E-state index in [1.807, 2.05) is 19.9 Å². The van der Waals surface area contributed by atoms with E-state index in [0.29, 0.717) is 16.9 Å². The monoisotopic (exact) mass is 290 g/mol. The zero-order valence-electron chi connectivity index (χ0n) is 12.2. The number of Topliss-reactive ketones (excluding diaryl/α,β-unsaturated/α-hetero) is 1. The molecule has 0 atom stereocenters. The van der Waals surface area contributed by atoms with E-state index in [9.17, 15) is 13.6 Å². The number of rotatable bonds is 4. The number of benzene rings is 2. The second-order valence-electron chi connectivity index (χ2n) is 4.97. The summed E-state index contributed by atoms with van der Waals surface area (Å²) in [7, 11) is 1.50. The van der Waals surface area contributed by atoms with Gasteiger partial charge in [0.1, 0.15) is 17.4 Å². The molecule has 0 aliphatic carbocycles. The van der Waals surface area contributed by atoms with Crippen LogP contribution in [0.3, 0.4) is 0 Å². The number of carbonyl (C=O) groups excluding carboxylic acids is 1. The van der Waals surface area contributed by atoms with Crippen LogP contribution < -0.4 is 4.74 Å². The summed E-state index contributed by atoms with van der Waals surface area (Å²) >= 11 is 0. The minimum absolute atomic E-state index is 0.0759. The molecule has 0 spiro atoms. The highest BCUT2D eigenvalue weighted by molar-refractivity contribution is 6.00. The topological polar surface area (TPSA) is 26.3 Å². The fraction of sp³-hybridized carbons (Fsp3) is 0.235. The smallest absolute Gasteiger partial charge is 0.170 e. The normalized spacial score (nSPS) is 10.5. The van der Waals surface area contributed by atoms with E-state index in [-0.39, 0.29) is 12.2 Å². The number of ketones is 1. The Balaban J connectivity index is 2.34. The van der Waals surface area contributed by atoms with Crippen LogP contribution in [0.1, 0.15) is 27.0 Å². The molecule has 0 aromatic heterocycles. The van der Waals surface area contributed by atoms with Crippen LogP contribution in [0.5, 0.6) is 5.75 Å². The summed E-state index contributed by atoms with van der Waals surface area (Å²) in [6.07, 6.45) is -0.0759. The van der Waals surface area contributed by atoms with E-state index in [0.717, 1.165) is 29.3 Å². The van der Waals surface area contributed by atoms with Gasteiger partial charge in [0.2, 0.25) is 0 Å². The Kier molecular flexibility index (Phi) is 4.36. The van der Waals surface area contributed by atoms with Crippen molar-refractivity contribution in [2.24, 2.45) is 0 Å². The van der Waals surface area contributed by atoms with Crippen molar-refractivity contribution in [1.29, 1.82) is 0 Å². The van der Waals surface area contributed by atoms with Crippen molar-refractivity contribution in [2.45, 2.75) is 20.3 Å². The summed E-state index contributed by atoms with van der Waals surface area (Å²) in [6.45, 7) is 3.79. The largest absolute Gasteiger partial charge is 0.496 e. The Bertz CT molecular complexity index is 673. The van der Waals surface area contributed by atoms with Gasteiger partial charge in [0.25, 0.3) is 0 Å². The SMILES string of the molecule is COc1c(C(=O)Cc2cc(F)cc(F)c2)ccc(C)c1C. The predicted molar refractivity (Wildman–Crippen MR) is 76.9 cm³/mol. The minimum Gasteiger partial charge on any atom is -0.496 e. The molecule has 4 heteroatoms. The van der Waals surface area contributed by atoms with Crippen LogP contribution >= 0.6 is 0 Å². The third kappa shape index (κ3) is 3.27. The van der Waals surface area contributed by atoms with Crippen molar-refractivity contribution in [3.8, 4) is 5.75 Å². The number of hydrogen-bond donors (Lipinski definition) is 0. The molecule has 2 aromatic carbocycles. The summed E-state index contributed by atoms with van der Waals surface area (Å²) in [5.74, 6) is -1.11. The van der Waals surface area contributed by atoms with Crippen LogP contribution in [0.15, 0.2) is 30.3 Å². The maximum absolute atomic E-state index is 13.2. The van der Waals surface area contributed by atoms with E-state index in [4.69, 9.17) is 4.74 Å². The van der Waals surface area contributed by atoms with Crippen LogP contribution in [-0.4, -0.2) is 12.9 Å². The van der Waals surface area contributed by atoms with Crippen LogP contribution in [0, 0.1) is 25.5 Å². The molecule has 2 aromatic rings. The zero-order chi connectivity index (χ0) is 15.6. The molecule has 0 radical (unpaired) electrons. The number of halogens is 2. The van der Waals surface area contributed by atoms with Gasteiger partial charge in [0, 0.05) is 12.5 Å². The minimum atomic E-state index is -0.690. The molecule has 110 valence electrons. The second-order valence-corrected chi connectivity index (χ2v) is 4.97. The number of ether oxygens (including phenoxy) is 1. The van der Waals surface area contributed by atoms with E-state index in [2.05, 4.69) is 0 Å². The summed E-state index contributed by atoms with van der Waals surface area (Å²) in [5.41, 5.74) is 2.62. The average Bonchev–Trinajstić information content (AvgIpc) is 2.40. The summed E-state index contributed by atoms with van der Waals surface area (Å²) in [4.78, 5) is 12.4. The van der Waals surface area contributed by atoms with Crippen molar-refractivity contribution < 1.29 is 18.3 Å². The lowest BCUT2D eigenvalue weighted by Crippen LogP contribution is -2.08. The maximum Gasteiger partial charge on any atom is 0.170 e. The number of methoxy groups -OCH3 is 1. The molecule has 21 heavy (non-hydrogen) atoms. The number of aryl methyl sites for hydroxylation is 1. The number of hydrogen-bond acceptors (Lipinski definition) is 2. The third-order valence-electron chi connectivity index (χ3n) is 3.47. The van der Waals surface area contributed by atoms with Crippen molar-refractivity contribution in [1.82, 2.24) is 0 Å². The Morgan fingerprint density at radius 2 is 1.71 bits per heavy atom. The molecule has 0 heterocycles. The zero-order valence-corrected chi connectivity index (χ0v) is 12.2. The first-order valence-electron chi connectivity index (χ1n) is 6.54. The first-order chi connectivity index (χ1) is 9.92. The van der Waals surface area contributed by atoms with Gasteiger partial charge in [-0.05, 0) is 48.7 Å². The van der Waals surface area contributed by atoms with Gasteiger partial charge in [0.05, 0.1) is 12.7 Å². The van der Waals surface area contributed by atoms with Crippen LogP contribution in [0.2, 0.25) is 0 Å². The Morgan fingerprint density at radius 3 is 2.29 bits per heavy atom. The van der Waals surface area contributed by atoms with Gasteiger partial charge in [-0.15, -0.1) is 0 Å². The van der Waals surface area contributed by atoms with E-state index in [1.54, 1.807) is 6.07 Å². The molecule has 0 amide bonds. The van der Waals surface area contributed by atoms with Gasteiger partial charge >= 0.3 is 0 Å².